The highest BCUT2D eigenvalue weighted by Gasteiger charge is 2.45. The first-order valence-corrected chi connectivity index (χ1v) is 9.10. The van der Waals surface area contributed by atoms with Gasteiger partial charge in [-0.15, -0.1) is 5.10 Å². The largest absolute Gasteiger partial charge is 0.333 e. The molecule has 1 fully saturated rings. The Morgan fingerprint density at radius 3 is 2.52 bits per heavy atom. The average Bonchev–Trinajstić information content (AvgIpc) is 3.12. The van der Waals surface area contributed by atoms with E-state index in [4.69, 9.17) is 0 Å². The summed E-state index contributed by atoms with van der Waals surface area (Å²) in [6.45, 7) is 6.23. The predicted molar refractivity (Wildman–Crippen MR) is 96.3 cm³/mol. The van der Waals surface area contributed by atoms with E-state index in [0.717, 1.165) is 37.2 Å². The molecule has 1 saturated carbocycles. The van der Waals surface area contributed by atoms with E-state index in [1.165, 1.54) is 5.56 Å². The second kappa shape index (κ2) is 6.94. The molecular formula is C19H27N5O. The van der Waals surface area contributed by atoms with Crippen molar-refractivity contribution in [2.75, 3.05) is 7.05 Å². The van der Waals surface area contributed by atoms with Crippen LogP contribution in [0.25, 0.3) is 5.69 Å². The van der Waals surface area contributed by atoms with Crippen LogP contribution in [0.3, 0.4) is 0 Å². The molecule has 25 heavy (non-hydrogen) atoms. The van der Waals surface area contributed by atoms with E-state index in [2.05, 4.69) is 41.5 Å². The number of hydrogen-bond donors (Lipinski definition) is 0. The summed E-state index contributed by atoms with van der Waals surface area (Å²) in [5.41, 5.74) is 1.69. The van der Waals surface area contributed by atoms with Gasteiger partial charge in [0.2, 0.25) is 5.91 Å². The molecule has 0 atom stereocenters. The first kappa shape index (κ1) is 17.6. The van der Waals surface area contributed by atoms with Crippen LogP contribution in [0.1, 0.15) is 57.3 Å². The molecule has 1 heterocycles. The number of nitrogens with zero attached hydrogens (tertiary/aromatic N) is 5. The van der Waals surface area contributed by atoms with Crippen LogP contribution in [0.5, 0.6) is 0 Å². The molecule has 1 aromatic heterocycles. The number of carbonyl (C=O) groups is 1. The minimum Gasteiger partial charge on any atom is -0.333 e. The molecule has 0 N–H and O–H groups in total. The summed E-state index contributed by atoms with van der Waals surface area (Å²) in [5.74, 6) is 1.57. The van der Waals surface area contributed by atoms with Gasteiger partial charge in [-0.05, 0) is 61.1 Å². The Hall–Kier alpha value is -2.24. The Morgan fingerprint density at radius 1 is 1.28 bits per heavy atom. The Kier molecular flexibility index (Phi) is 4.88. The molecule has 0 spiro atoms. The van der Waals surface area contributed by atoms with Crippen LogP contribution in [0.15, 0.2) is 24.3 Å². The Morgan fingerprint density at radius 2 is 1.92 bits per heavy atom. The quantitative estimate of drug-likeness (QED) is 0.856. The van der Waals surface area contributed by atoms with Gasteiger partial charge < -0.3 is 4.90 Å². The van der Waals surface area contributed by atoms with Crippen molar-refractivity contribution in [3.05, 3.63) is 35.7 Å². The Bertz CT molecular complexity index is 729. The summed E-state index contributed by atoms with van der Waals surface area (Å²) in [6.07, 6.45) is 4.41. The zero-order valence-corrected chi connectivity index (χ0v) is 15.6. The molecule has 6 nitrogen and oxygen atoms in total. The third-order valence-electron chi connectivity index (χ3n) is 5.58. The van der Waals surface area contributed by atoms with Gasteiger partial charge in [-0.1, -0.05) is 31.5 Å². The number of tetrazole rings is 1. The van der Waals surface area contributed by atoms with Gasteiger partial charge in [0, 0.05) is 13.5 Å². The molecule has 6 heteroatoms. The summed E-state index contributed by atoms with van der Waals surface area (Å²) >= 11 is 0. The highest BCUT2D eigenvalue weighted by molar-refractivity contribution is 5.76. The molecule has 1 aliphatic carbocycles. The van der Waals surface area contributed by atoms with Crippen molar-refractivity contribution in [2.24, 2.45) is 5.92 Å². The molecule has 0 radical (unpaired) electrons. The fraction of sp³-hybridized carbons (Fsp3) is 0.579. The van der Waals surface area contributed by atoms with Crippen molar-refractivity contribution in [3.8, 4) is 5.69 Å². The third-order valence-corrected chi connectivity index (χ3v) is 5.58. The van der Waals surface area contributed by atoms with E-state index in [1.807, 2.05) is 31.0 Å². The maximum Gasteiger partial charge on any atom is 0.222 e. The Labute approximate surface area is 149 Å². The molecule has 1 aliphatic rings. The molecule has 0 unspecified atom stereocenters. The monoisotopic (exact) mass is 341 g/mol. The second-order valence-electron chi connectivity index (χ2n) is 7.27. The highest BCUT2D eigenvalue weighted by Crippen LogP contribution is 2.43. The van der Waals surface area contributed by atoms with E-state index in [1.54, 1.807) is 4.68 Å². The van der Waals surface area contributed by atoms with Crippen LogP contribution < -0.4 is 0 Å². The van der Waals surface area contributed by atoms with Crippen molar-refractivity contribution in [2.45, 2.75) is 58.4 Å². The van der Waals surface area contributed by atoms with Gasteiger partial charge in [-0.25, -0.2) is 0 Å². The number of benzene rings is 1. The van der Waals surface area contributed by atoms with Crippen LogP contribution in [0, 0.1) is 12.8 Å². The summed E-state index contributed by atoms with van der Waals surface area (Å²) < 4.78 is 1.80. The summed E-state index contributed by atoms with van der Waals surface area (Å²) in [7, 11) is 1.90. The fourth-order valence-corrected chi connectivity index (χ4v) is 3.76. The zero-order chi connectivity index (χ0) is 18.0. The van der Waals surface area contributed by atoms with Gasteiger partial charge in [0.15, 0.2) is 5.82 Å². The molecule has 0 bridgehead atoms. The summed E-state index contributed by atoms with van der Waals surface area (Å²) in [5, 5.41) is 12.6. The van der Waals surface area contributed by atoms with Crippen molar-refractivity contribution >= 4 is 5.91 Å². The lowest BCUT2D eigenvalue weighted by atomic mass is 9.75. The number of aromatic nitrogens is 4. The number of amides is 1. The minimum absolute atomic E-state index is 0.132. The van der Waals surface area contributed by atoms with Crippen molar-refractivity contribution in [3.63, 3.8) is 0 Å². The van der Waals surface area contributed by atoms with Gasteiger partial charge in [-0.2, -0.15) is 4.68 Å². The van der Waals surface area contributed by atoms with E-state index in [-0.39, 0.29) is 5.91 Å². The maximum absolute atomic E-state index is 12.5. The standard InChI is InChI=1S/C19H27N5O/c1-5-17(25)23(4)19(12-10-15(3)11-13-19)18-20-21-22-24(18)16-8-6-14(2)7-9-16/h6-9,15H,5,10-13H2,1-4H3. The summed E-state index contributed by atoms with van der Waals surface area (Å²) in [4.78, 5) is 14.4. The molecule has 0 saturated heterocycles. The highest BCUT2D eigenvalue weighted by atomic mass is 16.2. The van der Waals surface area contributed by atoms with E-state index >= 15 is 0 Å². The van der Waals surface area contributed by atoms with Gasteiger partial charge in [-0.3, -0.25) is 4.79 Å². The summed E-state index contributed by atoms with van der Waals surface area (Å²) in [6, 6.07) is 8.15. The predicted octanol–water partition coefficient (Wildman–Crippen LogP) is 3.24. The van der Waals surface area contributed by atoms with Crippen LogP contribution in [-0.2, 0) is 10.3 Å². The van der Waals surface area contributed by atoms with E-state index in [0.29, 0.717) is 12.3 Å². The van der Waals surface area contributed by atoms with Gasteiger partial charge in [0.25, 0.3) is 0 Å². The number of carbonyl (C=O) groups excluding carboxylic acids is 1. The normalized spacial score (nSPS) is 23.4. The minimum atomic E-state index is -0.437. The molecule has 134 valence electrons. The van der Waals surface area contributed by atoms with Gasteiger partial charge in [0.05, 0.1) is 5.69 Å². The van der Waals surface area contributed by atoms with Crippen LogP contribution in [0.4, 0.5) is 0 Å². The van der Waals surface area contributed by atoms with Crippen molar-refractivity contribution in [1.82, 2.24) is 25.1 Å². The smallest absolute Gasteiger partial charge is 0.222 e. The second-order valence-corrected chi connectivity index (χ2v) is 7.27. The maximum atomic E-state index is 12.5. The first-order chi connectivity index (χ1) is 12.0. The van der Waals surface area contributed by atoms with Crippen LogP contribution in [0.2, 0.25) is 0 Å². The lowest BCUT2D eigenvalue weighted by Gasteiger charge is -2.44. The van der Waals surface area contributed by atoms with Crippen LogP contribution in [-0.4, -0.2) is 38.1 Å². The van der Waals surface area contributed by atoms with E-state index < -0.39 is 5.54 Å². The molecule has 2 aromatic rings. The van der Waals surface area contributed by atoms with Crippen molar-refractivity contribution in [1.29, 1.82) is 0 Å². The van der Waals surface area contributed by atoms with Crippen molar-refractivity contribution < 1.29 is 4.79 Å². The number of hydrogen-bond acceptors (Lipinski definition) is 4. The van der Waals surface area contributed by atoms with E-state index in [9.17, 15) is 4.79 Å². The third kappa shape index (κ3) is 3.17. The Balaban J connectivity index is 2.07. The number of rotatable bonds is 4. The first-order valence-electron chi connectivity index (χ1n) is 9.10. The zero-order valence-electron chi connectivity index (χ0n) is 15.6. The molecule has 3 rings (SSSR count). The van der Waals surface area contributed by atoms with Gasteiger partial charge >= 0.3 is 0 Å². The number of aryl methyl sites for hydroxylation is 1. The van der Waals surface area contributed by atoms with Crippen LogP contribution >= 0.6 is 0 Å². The SMILES string of the molecule is CCC(=O)N(C)C1(c2nnnn2-c2ccc(C)cc2)CCC(C)CC1. The topological polar surface area (TPSA) is 63.9 Å². The molecular weight excluding hydrogens is 314 g/mol. The molecule has 1 amide bonds. The fourth-order valence-electron chi connectivity index (χ4n) is 3.76. The lowest BCUT2D eigenvalue weighted by Crippen LogP contribution is -2.50. The average molecular weight is 341 g/mol. The molecule has 0 aliphatic heterocycles. The molecule has 1 aromatic carbocycles. The lowest BCUT2D eigenvalue weighted by molar-refractivity contribution is -0.138. The van der Waals surface area contributed by atoms with Gasteiger partial charge in [0.1, 0.15) is 5.54 Å².